The first-order valence-corrected chi connectivity index (χ1v) is 8.05. The molecular formula is C17H27N3O. The Morgan fingerprint density at radius 1 is 1.14 bits per heavy atom. The number of para-hydroxylation sites is 1. The van der Waals surface area contributed by atoms with Crippen molar-refractivity contribution in [3.05, 3.63) is 29.8 Å². The van der Waals surface area contributed by atoms with Gasteiger partial charge < -0.3 is 15.1 Å². The molecule has 0 bridgehead atoms. The number of urea groups is 1. The first-order valence-electron chi connectivity index (χ1n) is 8.05. The Balaban J connectivity index is 1.78. The van der Waals surface area contributed by atoms with Crippen LogP contribution in [0.4, 0.5) is 10.5 Å². The number of nitrogens with zero attached hydrogens (tertiary/aromatic N) is 2. The summed E-state index contributed by atoms with van der Waals surface area (Å²) < 4.78 is 0. The summed E-state index contributed by atoms with van der Waals surface area (Å²) in [6.07, 6.45) is 3.44. The van der Waals surface area contributed by atoms with E-state index in [1.54, 1.807) is 0 Å². The minimum absolute atomic E-state index is 0.0931. The van der Waals surface area contributed by atoms with Crippen LogP contribution in [0, 0.1) is 6.92 Å². The van der Waals surface area contributed by atoms with Crippen LogP contribution in [0.25, 0.3) is 0 Å². The largest absolute Gasteiger partial charge is 0.368 e. The summed E-state index contributed by atoms with van der Waals surface area (Å²) >= 11 is 0. The number of aryl methyl sites for hydroxylation is 1. The summed E-state index contributed by atoms with van der Waals surface area (Å²) in [5.41, 5.74) is 2.59. The first kappa shape index (κ1) is 15.7. The molecule has 2 rings (SSSR count). The van der Waals surface area contributed by atoms with Crippen molar-refractivity contribution < 1.29 is 4.79 Å². The summed E-state index contributed by atoms with van der Waals surface area (Å²) in [7, 11) is 0. The summed E-state index contributed by atoms with van der Waals surface area (Å²) in [5, 5.41) is 3.02. The molecule has 116 valence electrons. The lowest BCUT2D eigenvalue weighted by Gasteiger charge is -2.36. The van der Waals surface area contributed by atoms with Crippen molar-refractivity contribution in [1.29, 1.82) is 0 Å². The molecule has 0 unspecified atom stereocenters. The van der Waals surface area contributed by atoms with E-state index in [9.17, 15) is 4.79 Å². The average Bonchev–Trinajstić information content (AvgIpc) is 2.52. The molecule has 0 saturated carbocycles. The topological polar surface area (TPSA) is 35.6 Å². The third-order valence-corrected chi connectivity index (χ3v) is 4.08. The number of unbranched alkanes of at least 4 members (excludes halogenated alkanes) is 2. The average molecular weight is 289 g/mol. The molecule has 1 N–H and O–H groups in total. The number of carbonyl (C=O) groups is 1. The van der Waals surface area contributed by atoms with Gasteiger partial charge in [0, 0.05) is 38.4 Å². The fourth-order valence-electron chi connectivity index (χ4n) is 2.75. The van der Waals surface area contributed by atoms with Gasteiger partial charge >= 0.3 is 6.03 Å². The van der Waals surface area contributed by atoms with Crippen molar-refractivity contribution in [2.24, 2.45) is 0 Å². The van der Waals surface area contributed by atoms with Crippen LogP contribution < -0.4 is 10.2 Å². The Labute approximate surface area is 128 Å². The molecule has 1 heterocycles. The van der Waals surface area contributed by atoms with Crippen LogP contribution in [0.5, 0.6) is 0 Å². The zero-order valence-electron chi connectivity index (χ0n) is 13.3. The molecule has 1 aliphatic rings. The molecule has 1 fully saturated rings. The van der Waals surface area contributed by atoms with E-state index in [4.69, 9.17) is 0 Å². The molecule has 1 aromatic rings. The van der Waals surface area contributed by atoms with Gasteiger partial charge in [-0.25, -0.2) is 4.79 Å². The molecule has 0 aliphatic carbocycles. The minimum Gasteiger partial charge on any atom is -0.368 e. The summed E-state index contributed by atoms with van der Waals surface area (Å²) in [4.78, 5) is 16.4. The highest BCUT2D eigenvalue weighted by molar-refractivity contribution is 5.74. The molecule has 4 nitrogen and oxygen atoms in total. The number of carbonyl (C=O) groups excluding carboxylic acids is 1. The Kier molecular flexibility index (Phi) is 5.90. The van der Waals surface area contributed by atoms with Crippen molar-refractivity contribution in [2.45, 2.75) is 33.1 Å². The van der Waals surface area contributed by atoms with E-state index in [-0.39, 0.29) is 6.03 Å². The zero-order chi connectivity index (χ0) is 15.1. The van der Waals surface area contributed by atoms with Crippen LogP contribution in [0.15, 0.2) is 24.3 Å². The third kappa shape index (κ3) is 4.38. The summed E-state index contributed by atoms with van der Waals surface area (Å²) in [6.45, 7) is 8.53. The van der Waals surface area contributed by atoms with Gasteiger partial charge in [-0.15, -0.1) is 0 Å². The maximum Gasteiger partial charge on any atom is 0.317 e. The molecule has 1 aromatic carbocycles. The van der Waals surface area contributed by atoms with E-state index in [1.165, 1.54) is 24.1 Å². The molecule has 0 atom stereocenters. The van der Waals surface area contributed by atoms with Gasteiger partial charge in [0.15, 0.2) is 0 Å². The highest BCUT2D eigenvalue weighted by Gasteiger charge is 2.21. The van der Waals surface area contributed by atoms with Crippen molar-refractivity contribution in [3.63, 3.8) is 0 Å². The number of nitrogens with one attached hydrogen (secondary N) is 1. The second-order valence-corrected chi connectivity index (χ2v) is 5.70. The number of hydrogen-bond acceptors (Lipinski definition) is 2. The first-order chi connectivity index (χ1) is 10.2. The molecule has 2 amide bonds. The number of benzene rings is 1. The van der Waals surface area contributed by atoms with Gasteiger partial charge in [-0.1, -0.05) is 38.0 Å². The number of anilines is 1. The maximum absolute atomic E-state index is 12.1. The monoisotopic (exact) mass is 289 g/mol. The number of rotatable bonds is 5. The van der Waals surface area contributed by atoms with Gasteiger partial charge in [-0.2, -0.15) is 0 Å². The lowest BCUT2D eigenvalue weighted by Crippen LogP contribution is -2.52. The smallest absolute Gasteiger partial charge is 0.317 e. The maximum atomic E-state index is 12.1. The lowest BCUT2D eigenvalue weighted by molar-refractivity contribution is 0.194. The number of amides is 2. The van der Waals surface area contributed by atoms with E-state index in [2.05, 4.69) is 48.3 Å². The Hall–Kier alpha value is -1.71. The second-order valence-electron chi connectivity index (χ2n) is 5.70. The molecule has 0 radical (unpaired) electrons. The van der Waals surface area contributed by atoms with E-state index in [1.807, 2.05) is 4.90 Å². The molecule has 0 aromatic heterocycles. The van der Waals surface area contributed by atoms with Crippen LogP contribution in [-0.4, -0.2) is 43.7 Å². The molecular weight excluding hydrogens is 262 g/mol. The van der Waals surface area contributed by atoms with E-state index in [0.717, 1.165) is 39.1 Å². The highest BCUT2D eigenvalue weighted by atomic mass is 16.2. The molecule has 1 aliphatic heterocycles. The van der Waals surface area contributed by atoms with Gasteiger partial charge in [0.05, 0.1) is 0 Å². The van der Waals surface area contributed by atoms with Crippen molar-refractivity contribution >= 4 is 11.7 Å². The number of hydrogen-bond donors (Lipinski definition) is 1. The van der Waals surface area contributed by atoms with Crippen LogP contribution in [-0.2, 0) is 0 Å². The van der Waals surface area contributed by atoms with Gasteiger partial charge in [0.2, 0.25) is 0 Å². The molecule has 21 heavy (non-hydrogen) atoms. The van der Waals surface area contributed by atoms with E-state index in [0.29, 0.717) is 0 Å². The van der Waals surface area contributed by atoms with Crippen molar-refractivity contribution in [1.82, 2.24) is 10.2 Å². The fourth-order valence-corrected chi connectivity index (χ4v) is 2.75. The summed E-state index contributed by atoms with van der Waals surface area (Å²) in [6, 6.07) is 8.54. The predicted octanol–water partition coefficient (Wildman–Crippen LogP) is 3.02. The lowest BCUT2D eigenvalue weighted by atomic mass is 10.1. The van der Waals surface area contributed by atoms with Crippen molar-refractivity contribution in [3.8, 4) is 0 Å². The predicted molar refractivity (Wildman–Crippen MR) is 87.9 cm³/mol. The van der Waals surface area contributed by atoms with Gasteiger partial charge in [0.25, 0.3) is 0 Å². The highest BCUT2D eigenvalue weighted by Crippen LogP contribution is 2.20. The van der Waals surface area contributed by atoms with Crippen LogP contribution in [0.3, 0.4) is 0 Å². The Morgan fingerprint density at radius 2 is 1.86 bits per heavy atom. The van der Waals surface area contributed by atoms with Gasteiger partial charge in [0.1, 0.15) is 0 Å². The third-order valence-electron chi connectivity index (χ3n) is 4.08. The Morgan fingerprint density at radius 3 is 2.52 bits per heavy atom. The van der Waals surface area contributed by atoms with Crippen LogP contribution in [0.2, 0.25) is 0 Å². The minimum atomic E-state index is 0.0931. The molecule has 1 saturated heterocycles. The quantitative estimate of drug-likeness (QED) is 0.846. The normalized spacial score (nSPS) is 15.1. The van der Waals surface area contributed by atoms with Gasteiger partial charge in [-0.3, -0.25) is 0 Å². The van der Waals surface area contributed by atoms with Crippen molar-refractivity contribution in [2.75, 3.05) is 37.6 Å². The van der Waals surface area contributed by atoms with E-state index >= 15 is 0 Å². The SMILES string of the molecule is CCCCCNC(=O)N1CCN(c2ccccc2C)CC1. The van der Waals surface area contributed by atoms with Crippen LogP contribution >= 0.6 is 0 Å². The molecule has 4 heteroatoms. The molecule has 0 spiro atoms. The van der Waals surface area contributed by atoms with Crippen LogP contribution in [0.1, 0.15) is 31.7 Å². The number of piperazine rings is 1. The fraction of sp³-hybridized carbons (Fsp3) is 0.588. The standard InChI is InChI=1S/C17H27N3O/c1-3-4-7-10-18-17(21)20-13-11-19(12-14-20)16-9-6-5-8-15(16)2/h5-6,8-9H,3-4,7,10-14H2,1-2H3,(H,18,21). The van der Waals surface area contributed by atoms with Gasteiger partial charge in [-0.05, 0) is 25.0 Å². The second kappa shape index (κ2) is 7.91. The summed E-state index contributed by atoms with van der Waals surface area (Å²) in [5.74, 6) is 0. The zero-order valence-corrected chi connectivity index (χ0v) is 13.3. The Bertz CT molecular complexity index is 453. The van der Waals surface area contributed by atoms with E-state index < -0.39 is 0 Å².